The maximum Gasteiger partial charge on any atom is 0.230 e. The van der Waals surface area contributed by atoms with Gasteiger partial charge >= 0.3 is 0 Å². The van der Waals surface area contributed by atoms with Crippen LogP contribution in [0.1, 0.15) is 39.5 Å². The van der Waals surface area contributed by atoms with Gasteiger partial charge in [0.1, 0.15) is 0 Å². The Hall–Kier alpha value is -3.41. The molecule has 1 aliphatic carbocycles. The minimum atomic E-state index is 0.0541. The monoisotopic (exact) mass is 401 g/mol. The van der Waals surface area contributed by atoms with Gasteiger partial charge in [-0.05, 0) is 48.1 Å². The molecule has 5 rings (SSSR count). The molecule has 30 heavy (non-hydrogen) atoms. The van der Waals surface area contributed by atoms with Gasteiger partial charge in [-0.15, -0.1) is 0 Å². The zero-order valence-electron chi connectivity index (χ0n) is 17.1. The summed E-state index contributed by atoms with van der Waals surface area (Å²) in [5.41, 5.74) is 4.97. The van der Waals surface area contributed by atoms with Crippen molar-refractivity contribution in [1.82, 2.24) is 9.97 Å². The summed E-state index contributed by atoms with van der Waals surface area (Å²) in [5.74, 6) is 2.16. The van der Waals surface area contributed by atoms with Crippen molar-refractivity contribution >= 4 is 17.4 Å². The minimum absolute atomic E-state index is 0.0541. The molecular weight excluding hydrogens is 378 g/mol. The third-order valence-electron chi connectivity index (χ3n) is 6.03. The lowest BCUT2D eigenvalue weighted by Crippen LogP contribution is -2.23. The van der Waals surface area contributed by atoms with E-state index in [9.17, 15) is 4.79 Å². The number of nitrogens with zero attached hydrogens (tertiary/aromatic N) is 3. The largest absolute Gasteiger partial charge is 0.493 e. The van der Waals surface area contributed by atoms with Crippen LogP contribution in [-0.4, -0.2) is 36.5 Å². The zero-order chi connectivity index (χ0) is 20.7. The number of para-hydroxylation sites is 1. The molecule has 6 nitrogen and oxygen atoms in total. The summed E-state index contributed by atoms with van der Waals surface area (Å²) in [6.45, 7) is 0.852. The fraction of sp³-hybridized carbons (Fsp3) is 0.292. The van der Waals surface area contributed by atoms with Crippen LogP contribution in [0.25, 0.3) is 0 Å². The Morgan fingerprint density at radius 3 is 2.70 bits per heavy atom. The smallest absolute Gasteiger partial charge is 0.230 e. The van der Waals surface area contributed by atoms with Crippen LogP contribution >= 0.6 is 0 Å². The first-order chi connectivity index (χ1) is 14.7. The molecule has 2 aromatic carbocycles. The van der Waals surface area contributed by atoms with Crippen molar-refractivity contribution in [3.05, 3.63) is 71.0 Å². The number of methoxy groups -OCH3 is 2. The van der Waals surface area contributed by atoms with E-state index < -0.39 is 0 Å². The zero-order valence-corrected chi connectivity index (χ0v) is 17.1. The number of rotatable bonds is 4. The molecule has 2 heterocycles. The van der Waals surface area contributed by atoms with E-state index in [0.29, 0.717) is 35.9 Å². The Labute approximate surface area is 175 Å². The molecule has 3 aromatic rings. The number of Topliss-reactive ketones (excluding diaryl/α,β-unsaturated/α-hetero) is 1. The van der Waals surface area contributed by atoms with E-state index in [1.165, 1.54) is 5.56 Å². The van der Waals surface area contributed by atoms with Gasteiger partial charge in [0.2, 0.25) is 5.95 Å². The Kier molecular flexibility index (Phi) is 4.62. The van der Waals surface area contributed by atoms with Crippen molar-refractivity contribution in [3.63, 3.8) is 0 Å². The molecule has 1 aromatic heterocycles. The highest BCUT2D eigenvalue weighted by atomic mass is 16.5. The normalized spacial score (nSPS) is 17.5. The van der Waals surface area contributed by atoms with Crippen LogP contribution in [0, 0.1) is 0 Å². The van der Waals surface area contributed by atoms with Crippen LogP contribution in [0.3, 0.4) is 0 Å². The number of hydrogen-bond donors (Lipinski definition) is 0. The van der Waals surface area contributed by atoms with Gasteiger partial charge in [0.25, 0.3) is 0 Å². The van der Waals surface area contributed by atoms with Crippen LogP contribution in [0.5, 0.6) is 11.5 Å². The van der Waals surface area contributed by atoms with E-state index in [1.54, 1.807) is 20.4 Å². The highest BCUT2D eigenvalue weighted by Crippen LogP contribution is 2.38. The second-order valence-electron chi connectivity index (χ2n) is 7.70. The number of ketones is 1. The molecule has 2 aliphatic rings. The SMILES string of the molecule is COc1ccc(C2CC(=O)c3cnc(N4CCc5ccccc54)nc3C2)cc1OC. The Morgan fingerprint density at radius 2 is 1.87 bits per heavy atom. The number of aromatic nitrogens is 2. The lowest BCUT2D eigenvalue weighted by Gasteiger charge is -2.25. The van der Waals surface area contributed by atoms with E-state index in [-0.39, 0.29) is 11.7 Å². The van der Waals surface area contributed by atoms with E-state index in [1.807, 2.05) is 24.3 Å². The van der Waals surface area contributed by atoms with Crippen LogP contribution in [0.2, 0.25) is 0 Å². The average Bonchev–Trinajstić information content (AvgIpc) is 3.22. The van der Waals surface area contributed by atoms with Crippen molar-refractivity contribution < 1.29 is 14.3 Å². The van der Waals surface area contributed by atoms with Crippen molar-refractivity contribution in [2.75, 3.05) is 25.7 Å². The van der Waals surface area contributed by atoms with Gasteiger partial charge in [-0.1, -0.05) is 24.3 Å². The van der Waals surface area contributed by atoms with Crippen molar-refractivity contribution in [3.8, 4) is 11.5 Å². The maximum atomic E-state index is 12.8. The lowest BCUT2D eigenvalue weighted by molar-refractivity contribution is 0.0962. The number of ether oxygens (including phenoxy) is 2. The first-order valence-electron chi connectivity index (χ1n) is 10.1. The maximum absolute atomic E-state index is 12.8. The van der Waals surface area contributed by atoms with E-state index in [0.717, 1.165) is 29.9 Å². The van der Waals surface area contributed by atoms with Crippen LogP contribution in [-0.2, 0) is 12.8 Å². The molecule has 0 saturated carbocycles. The summed E-state index contributed by atoms with van der Waals surface area (Å²) in [7, 11) is 3.24. The molecule has 1 aliphatic heterocycles. The molecule has 0 amide bonds. The quantitative estimate of drug-likeness (QED) is 0.656. The molecule has 0 spiro atoms. The highest BCUT2D eigenvalue weighted by Gasteiger charge is 2.30. The van der Waals surface area contributed by atoms with Gasteiger partial charge in [-0.3, -0.25) is 4.79 Å². The van der Waals surface area contributed by atoms with Crippen molar-refractivity contribution in [1.29, 1.82) is 0 Å². The van der Waals surface area contributed by atoms with Gasteiger partial charge in [0.15, 0.2) is 17.3 Å². The molecule has 0 fully saturated rings. The molecule has 0 N–H and O–H groups in total. The van der Waals surface area contributed by atoms with Crippen LogP contribution in [0.15, 0.2) is 48.7 Å². The molecule has 6 heteroatoms. The second-order valence-corrected chi connectivity index (χ2v) is 7.70. The van der Waals surface area contributed by atoms with Gasteiger partial charge in [-0.2, -0.15) is 0 Å². The molecule has 0 radical (unpaired) electrons. The predicted molar refractivity (Wildman–Crippen MR) is 114 cm³/mol. The summed E-state index contributed by atoms with van der Waals surface area (Å²) in [5, 5.41) is 0. The third-order valence-corrected chi connectivity index (χ3v) is 6.03. The summed E-state index contributed by atoms with van der Waals surface area (Å²) in [6.07, 6.45) is 3.81. The Bertz CT molecular complexity index is 1130. The predicted octanol–water partition coefficient (Wildman–Crippen LogP) is 4.10. The first kappa shape index (κ1) is 18.6. The summed E-state index contributed by atoms with van der Waals surface area (Å²) in [4.78, 5) is 24.3. The topological polar surface area (TPSA) is 64.5 Å². The second kappa shape index (κ2) is 7.44. The van der Waals surface area contributed by atoms with Crippen molar-refractivity contribution in [2.24, 2.45) is 0 Å². The third kappa shape index (κ3) is 3.09. The minimum Gasteiger partial charge on any atom is -0.493 e. The fourth-order valence-electron chi connectivity index (χ4n) is 4.45. The highest BCUT2D eigenvalue weighted by molar-refractivity contribution is 5.98. The molecule has 152 valence electrons. The van der Waals surface area contributed by atoms with E-state index in [4.69, 9.17) is 14.5 Å². The molecule has 1 atom stereocenters. The Morgan fingerprint density at radius 1 is 1.03 bits per heavy atom. The van der Waals surface area contributed by atoms with Crippen molar-refractivity contribution in [2.45, 2.75) is 25.2 Å². The van der Waals surface area contributed by atoms with Gasteiger partial charge in [0.05, 0.1) is 25.5 Å². The van der Waals surface area contributed by atoms with Gasteiger partial charge < -0.3 is 14.4 Å². The fourth-order valence-corrected chi connectivity index (χ4v) is 4.45. The molecular formula is C24H23N3O3. The number of fused-ring (bicyclic) bond motifs is 2. The summed E-state index contributed by atoms with van der Waals surface area (Å²) >= 11 is 0. The van der Waals surface area contributed by atoms with E-state index in [2.05, 4.69) is 28.1 Å². The van der Waals surface area contributed by atoms with E-state index >= 15 is 0 Å². The number of anilines is 2. The standard InChI is InChI=1S/C24H23N3O3/c1-29-22-8-7-16(13-23(22)30-2)17-11-19-18(21(28)12-17)14-25-24(26-19)27-10-9-15-5-3-4-6-20(15)27/h3-8,13-14,17H,9-12H2,1-2H3. The average molecular weight is 401 g/mol. The molecule has 0 saturated heterocycles. The number of carbonyl (C=O) groups is 1. The number of carbonyl (C=O) groups excluding carboxylic acids is 1. The van der Waals surface area contributed by atoms with Crippen LogP contribution in [0.4, 0.5) is 11.6 Å². The molecule has 1 unspecified atom stereocenters. The number of hydrogen-bond acceptors (Lipinski definition) is 6. The summed E-state index contributed by atoms with van der Waals surface area (Å²) in [6, 6.07) is 14.2. The van der Waals surface area contributed by atoms with Crippen LogP contribution < -0.4 is 14.4 Å². The van der Waals surface area contributed by atoms with Gasteiger partial charge in [-0.25, -0.2) is 9.97 Å². The Balaban J connectivity index is 1.47. The number of benzene rings is 2. The lowest BCUT2D eigenvalue weighted by atomic mass is 9.82. The molecule has 0 bridgehead atoms. The van der Waals surface area contributed by atoms with Gasteiger partial charge in [0, 0.05) is 24.8 Å². The summed E-state index contributed by atoms with van der Waals surface area (Å²) < 4.78 is 10.8. The first-order valence-corrected chi connectivity index (χ1v) is 10.1.